The van der Waals surface area contributed by atoms with Gasteiger partial charge in [0.25, 0.3) is 0 Å². The van der Waals surface area contributed by atoms with E-state index in [0.29, 0.717) is 0 Å². The summed E-state index contributed by atoms with van der Waals surface area (Å²) in [6, 6.07) is 0. The Kier molecular flexibility index (Phi) is 264. The van der Waals surface area contributed by atoms with E-state index in [4.69, 9.17) is 135 Å². The Morgan fingerprint density at radius 3 is 0.227 bits per heavy atom. The van der Waals surface area contributed by atoms with Crippen molar-refractivity contribution in [2.24, 2.45) is 0 Å². The number of carboxylic acid groups (broad SMARTS) is 18. The van der Waals surface area contributed by atoms with E-state index in [0.717, 1.165) is 0 Å². The first kappa shape index (κ1) is 112. The van der Waals surface area contributed by atoms with Crippen molar-refractivity contribution in [3.63, 3.8) is 0 Å². The summed E-state index contributed by atoms with van der Waals surface area (Å²) in [5.41, 5.74) is 0. The van der Waals surface area contributed by atoms with Crippen LogP contribution < -0.4 is 201 Å². The Morgan fingerprint density at radius 1 is 0.227 bits per heavy atom. The molecule has 0 amide bonds. The molecule has 0 aliphatic carbocycles. The van der Waals surface area contributed by atoms with Crippen LogP contribution in [0.25, 0.3) is 6.15 Å². The normalized spacial score (nSPS) is 4.91. The van der Waals surface area contributed by atoms with Gasteiger partial charge in [0.2, 0.25) is 0 Å². The summed E-state index contributed by atoms with van der Waals surface area (Å²) in [5.74, 6) is 0. The predicted molar refractivity (Wildman–Crippen MR) is 59.8 cm³/mol. The fourth-order valence-corrected chi connectivity index (χ4v) is 0. The number of quaternary nitrogens is 1. The van der Waals surface area contributed by atoms with Crippen molar-refractivity contribution < 1.29 is 343 Å². The van der Waals surface area contributed by atoms with Crippen LogP contribution >= 0.6 is 0 Å². The minimum atomic E-state index is -2.33. The molecule has 0 aromatic rings. The van der Waals surface area contributed by atoms with Gasteiger partial charge in [-0.25, -0.2) is 0 Å². The number of carbonyl (C=O) groups excluding carboxylic acids is 9. The smallest absolute Gasteiger partial charge is 0.693 e. The Hall–Kier alpha value is 0.155. The van der Waals surface area contributed by atoms with Crippen molar-refractivity contribution in [1.82, 2.24) is 6.15 Å². The molecule has 0 atom stereocenters. The summed E-state index contributed by atoms with van der Waals surface area (Å²) in [6.45, 7) is 0. The van der Waals surface area contributed by atoms with Crippen LogP contribution in [0.15, 0.2) is 0 Å². The first-order chi connectivity index (χ1) is 15.6. The van der Waals surface area contributed by atoms with Gasteiger partial charge in [0.1, 0.15) is 0 Å². The molecule has 0 aliphatic heterocycles. The maximum Gasteiger partial charge on any atom is 4.00 e. The van der Waals surface area contributed by atoms with Crippen molar-refractivity contribution in [2.45, 2.75) is 0 Å². The molecule has 6 N–H and O–H groups in total. The molecule has 232 valence electrons. The van der Waals surface area contributed by atoms with Gasteiger partial charge in [-0.2, -0.15) is 0 Å². The molecule has 0 unspecified atom stereocenters. The zero-order valence-electron chi connectivity index (χ0n) is 21.1. The van der Waals surface area contributed by atoms with Gasteiger partial charge < -0.3 is 147 Å². The Bertz CT molecular complexity index is 450. The van der Waals surface area contributed by atoms with Crippen molar-refractivity contribution >= 4 is 55.4 Å². The molecular formula is C9H6K2N2O27Zr4. The largest absolute Gasteiger partial charge is 4.00 e. The third-order valence-electron chi connectivity index (χ3n) is 0. The molecule has 0 aromatic heterocycles. The fourth-order valence-electron chi connectivity index (χ4n) is 0. The SMILES string of the molecule is O=C([O-])[O-].O=C([O-])[O-].O=C([O-])[O-].O=C([O-])[O-].O=C([O-])[O-].O=C([O-])[O-].O=C([O-])[O-].O=C([O-])[O-].O=C([O-])[O-].[K+].[K+].[NH2-].[NH4+].[Zr+4].[Zr+4].[Zr+4].[Zr+4]. The van der Waals surface area contributed by atoms with Crippen LogP contribution in [0.3, 0.4) is 0 Å². The molecule has 0 fully saturated rings. The number of carbonyl (C=O) groups is 9. The number of hydrogen-bond acceptors (Lipinski definition) is 27. The summed E-state index contributed by atoms with van der Waals surface area (Å²) in [6.07, 6.45) is -21.0. The second-order valence-corrected chi connectivity index (χ2v) is 2.25. The van der Waals surface area contributed by atoms with Gasteiger partial charge in [-0.05, 0) is 55.4 Å². The average Bonchev–Trinajstić information content (AvgIpc) is 2.39. The zero-order chi connectivity index (χ0) is 32.2. The zero-order valence-corrected chi connectivity index (χ0v) is 37.2. The molecule has 29 nitrogen and oxygen atoms in total. The Labute approximate surface area is 403 Å². The van der Waals surface area contributed by atoms with Gasteiger partial charge in [-0.15, -0.1) is 0 Å². The quantitative estimate of drug-likeness (QED) is 0.220. The standard InChI is InChI=1S/9CH2O3.2K.H3N.H2N.4Zr/c9*2-1(3)4;;;;;;;;/h9*(H2,2,3,4);;;1H3;1H2;;;;/q;;;;;;;;;2*+1;;-1;4*+4/p-17. The summed E-state index contributed by atoms with van der Waals surface area (Å²) < 4.78 is 0. The third kappa shape index (κ3) is 2960000. The van der Waals surface area contributed by atoms with Gasteiger partial charge in [-0.1, -0.05) is 0 Å². The maximum absolute atomic E-state index is 8.33. The van der Waals surface area contributed by atoms with Gasteiger partial charge in [0.05, 0.1) is 0 Å². The maximum atomic E-state index is 8.33. The van der Waals surface area contributed by atoms with E-state index in [1.807, 2.05) is 0 Å². The second kappa shape index (κ2) is 104. The van der Waals surface area contributed by atoms with Gasteiger partial charge in [0.15, 0.2) is 0 Å². The second-order valence-electron chi connectivity index (χ2n) is 2.25. The van der Waals surface area contributed by atoms with Crippen LogP contribution in [0.4, 0.5) is 43.2 Å². The Morgan fingerprint density at radius 2 is 0.227 bits per heavy atom. The van der Waals surface area contributed by atoms with Crippen LogP contribution in [-0.4, -0.2) is 55.4 Å². The molecule has 0 rings (SSSR count). The minimum Gasteiger partial charge on any atom is -0.693 e. The van der Waals surface area contributed by atoms with Crippen molar-refractivity contribution in [3.8, 4) is 0 Å². The van der Waals surface area contributed by atoms with Gasteiger partial charge in [0, 0.05) is 0 Å². The number of hydrogen-bond donors (Lipinski definition) is 1. The molecule has 0 bridgehead atoms. The molecule has 0 aliphatic rings. The van der Waals surface area contributed by atoms with Crippen molar-refractivity contribution in [3.05, 3.63) is 6.15 Å². The Balaban J connectivity index is -0.0000000121. The molecule has 0 saturated heterocycles. The van der Waals surface area contributed by atoms with Crippen molar-refractivity contribution in [2.75, 3.05) is 0 Å². The average molecular weight is 1020 g/mol. The van der Waals surface area contributed by atoms with Crippen LogP contribution in [0.5, 0.6) is 0 Å². The minimum absolute atomic E-state index is 0. The van der Waals surface area contributed by atoms with E-state index in [9.17, 15) is 0 Å². The van der Waals surface area contributed by atoms with E-state index in [1.165, 1.54) is 0 Å². The van der Waals surface area contributed by atoms with Crippen LogP contribution in [0.2, 0.25) is 0 Å². The molecule has 0 saturated carbocycles. The van der Waals surface area contributed by atoms with Crippen LogP contribution in [0.1, 0.15) is 0 Å². The summed E-state index contributed by atoms with van der Waals surface area (Å²) in [7, 11) is 0. The van der Waals surface area contributed by atoms with E-state index >= 15 is 0 Å². The summed E-state index contributed by atoms with van der Waals surface area (Å²) in [4.78, 5) is 75.0. The van der Waals surface area contributed by atoms with E-state index in [2.05, 4.69) is 0 Å². The first-order valence-corrected chi connectivity index (χ1v) is 5.51. The topological polar surface area (TPSA) is 639 Å². The molecule has 0 radical (unpaired) electrons. The fraction of sp³-hybridized carbons (Fsp3) is 0. The molecule has 0 spiro atoms. The first-order valence-electron chi connectivity index (χ1n) is 5.51. The molecule has 0 aromatic carbocycles. The van der Waals surface area contributed by atoms with Crippen LogP contribution in [-0.2, 0) is 105 Å². The van der Waals surface area contributed by atoms with E-state index < -0.39 is 55.4 Å². The number of rotatable bonds is 0. The van der Waals surface area contributed by atoms with Gasteiger partial charge >= 0.3 is 208 Å². The molecule has 0 heterocycles. The molecule has 44 heavy (non-hydrogen) atoms. The number of nitrogens with two attached hydrogens (primary N) is 1. The van der Waals surface area contributed by atoms with Crippen molar-refractivity contribution in [1.29, 1.82) is 0 Å². The van der Waals surface area contributed by atoms with Crippen LogP contribution in [0, 0.1) is 0 Å². The molecular weight excluding hydrogens is 1010 g/mol. The summed E-state index contributed by atoms with van der Waals surface area (Å²) in [5, 5.41) is 150. The third-order valence-corrected chi connectivity index (χ3v) is 0. The monoisotopic (exact) mass is 1010 g/mol. The molecule has 35 heteroatoms. The van der Waals surface area contributed by atoms with Gasteiger partial charge in [-0.3, -0.25) is 0 Å². The summed E-state index contributed by atoms with van der Waals surface area (Å²) >= 11 is 0. The van der Waals surface area contributed by atoms with E-state index in [1.54, 1.807) is 0 Å². The predicted octanol–water partition coefficient (Wildman–Crippen LogP) is -26.9. The van der Waals surface area contributed by atoms with E-state index in [-0.39, 0.29) is 220 Å².